The SMILES string of the molecule is COC(=O)Cc1nc(CN)cc(C(F)(F)F)c1C(F)F. The molecule has 0 radical (unpaired) electrons. The largest absolute Gasteiger partial charge is 0.469 e. The highest BCUT2D eigenvalue weighted by molar-refractivity contribution is 5.72. The molecule has 0 atom stereocenters. The fraction of sp³-hybridized carbons (Fsp3) is 0.455. The Morgan fingerprint density at radius 2 is 2.05 bits per heavy atom. The van der Waals surface area contributed by atoms with Gasteiger partial charge in [0.1, 0.15) is 0 Å². The van der Waals surface area contributed by atoms with Crippen molar-refractivity contribution >= 4 is 5.97 Å². The van der Waals surface area contributed by atoms with Gasteiger partial charge in [-0.1, -0.05) is 0 Å². The molecule has 0 saturated carbocycles. The molecule has 0 amide bonds. The third-order valence-corrected chi connectivity index (χ3v) is 2.46. The van der Waals surface area contributed by atoms with Gasteiger partial charge in [-0.25, -0.2) is 8.78 Å². The molecule has 0 fully saturated rings. The first kappa shape index (κ1) is 16.3. The summed E-state index contributed by atoms with van der Waals surface area (Å²) in [5, 5.41) is 0. The van der Waals surface area contributed by atoms with E-state index in [0.29, 0.717) is 6.07 Å². The number of carbonyl (C=O) groups excluding carboxylic acids is 1. The number of nitrogens with zero attached hydrogens (tertiary/aromatic N) is 1. The minimum atomic E-state index is -5.00. The molecule has 1 aromatic rings. The number of aromatic nitrogens is 1. The summed E-state index contributed by atoms with van der Waals surface area (Å²) in [5.41, 5.74) is 1.41. The average Bonchev–Trinajstić information content (AvgIpc) is 2.36. The third kappa shape index (κ3) is 3.62. The van der Waals surface area contributed by atoms with Gasteiger partial charge in [0, 0.05) is 6.54 Å². The molecule has 1 aromatic heterocycles. The summed E-state index contributed by atoms with van der Waals surface area (Å²) < 4.78 is 68.4. The zero-order chi connectivity index (χ0) is 15.5. The van der Waals surface area contributed by atoms with Gasteiger partial charge in [-0.15, -0.1) is 0 Å². The number of nitrogens with two attached hydrogens (primary N) is 1. The van der Waals surface area contributed by atoms with Gasteiger partial charge in [-0.05, 0) is 6.07 Å². The molecule has 1 heterocycles. The summed E-state index contributed by atoms with van der Waals surface area (Å²) in [6.45, 7) is -0.374. The van der Waals surface area contributed by atoms with Crippen LogP contribution in [-0.4, -0.2) is 18.1 Å². The Balaban J connectivity index is 3.50. The molecule has 0 bridgehead atoms. The van der Waals surface area contributed by atoms with Crippen molar-refractivity contribution in [3.05, 3.63) is 28.6 Å². The van der Waals surface area contributed by atoms with Gasteiger partial charge >= 0.3 is 12.1 Å². The van der Waals surface area contributed by atoms with Gasteiger partial charge in [0.2, 0.25) is 0 Å². The Hall–Kier alpha value is -1.77. The van der Waals surface area contributed by atoms with Crippen LogP contribution in [0.3, 0.4) is 0 Å². The highest BCUT2D eigenvalue weighted by atomic mass is 19.4. The van der Waals surface area contributed by atoms with Gasteiger partial charge < -0.3 is 10.5 Å². The second-order valence-corrected chi connectivity index (χ2v) is 3.78. The van der Waals surface area contributed by atoms with Crippen LogP contribution in [0.25, 0.3) is 0 Å². The minimum Gasteiger partial charge on any atom is -0.469 e. The predicted octanol–water partition coefficient (Wildman–Crippen LogP) is 2.21. The Kier molecular flexibility index (Phi) is 4.98. The highest BCUT2D eigenvalue weighted by Gasteiger charge is 2.38. The number of carbonyl (C=O) groups is 1. The molecular formula is C11H11F5N2O2. The Labute approximate surface area is 110 Å². The second kappa shape index (κ2) is 6.12. The summed E-state index contributed by atoms with van der Waals surface area (Å²) in [7, 11) is 0.988. The first-order valence-corrected chi connectivity index (χ1v) is 5.35. The maximum absolute atomic E-state index is 12.9. The first-order chi connectivity index (χ1) is 9.20. The number of esters is 1. The number of methoxy groups -OCH3 is 1. The van der Waals surface area contributed by atoms with Crippen LogP contribution in [0.2, 0.25) is 0 Å². The van der Waals surface area contributed by atoms with E-state index in [4.69, 9.17) is 5.73 Å². The van der Waals surface area contributed by atoms with Gasteiger partial charge in [0.15, 0.2) is 0 Å². The van der Waals surface area contributed by atoms with Crippen molar-refractivity contribution in [3.63, 3.8) is 0 Å². The Morgan fingerprint density at radius 1 is 1.45 bits per heavy atom. The summed E-state index contributed by atoms with van der Waals surface area (Å²) in [6, 6.07) is 0.461. The second-order valence-electron chi connectivity index (χ2n) is 3.78. The zero-order valence-corrected chi connectivity index (χ0v) is 10.3. The summed E-state index contributed by atoms with van der Waals surface area (Å²) in [6.07, 6.45) is -9.21. The number of pyridine rings is 1. The fourth-order valence-corrected chi connectivity index (χ4v) is 1.59. The average molecular weight is 298 g/mol. The summed E-state index contributed by atoms with van der Waals surface area (Å²) in [5.74, 6) is -0.971. The molecule has 9 heteroatoms. The molecule has 112 valence electrons. The number of hydrogen-bond acceptors (Lipinski definition) is 4. The van der Waals surface area contributed by atoms with Crippen LogP contribution in [0.15, 0.2) is 6.07 Å². The maximum atomic E-state index is 12.9. The normalized spacial score (nSPS) is 11.8. The van der Waals surface area contributed by atoms with E-state index in [1.165, 1.54) is 0 Å². The molecule has 0 spiro atoms. The van der Waals surface area contributed by atoms with Crippen LogP contribution in [0.4, 0.5) is 22.0 Å². The Bertz CT molecular complexity index is 502. The third-order valence-electron chi connectivity index (χ3n) is 2.46. The first-order valence-electron chi connectivity index (χ1n) is 5.35. The molecule has 20 heavy (non-hydrogen) atoms. The van der Waals surface area contributed by atoms with E-state index >= 15 is 0 Å². The van der Waals surface area contributed by atoms with Gasteiger partial charge in [0.25, 0.3) is 6.43 Å². The van der Waals surface area contributed by atoms with Crippen molar-refractivity contribution in [2.24, 2.45) is 5.73 Å². The number of ether oxygens (including phenoxy) is 1. The van der Waals surface area contributed by atoms with E-state index in [1.807, 2.05) is 0 Å². The lowest BCUT2D eigenvalue weighted by molar-refractivity contribution is -0.141. The zero-order valence-electron chi connectivity index (χ0n) is 10.3. The van der Waals surface area contributed by atoms with Crippen LogP contribution in [0.1, 0.15) is 28.9 Å². The molecule has 0 aliphatic heterocycles. The van der Waals surface area contributed by atoms with Crippen LogP contribution in [-0.2, 0) is 28.7 Å². The maximum Gasteiger partial charge on any atom is 0.417 e. The monoisotopic (exact) mass is 298 g/mol. The van der Waals surface area contributed by atoms with E-state index < -0.39 is 41.8 Å². The lowest BCUT2D eigenvalue weighted by Gasteiger charge is -2.17. The van der Waals surface area contributed by atoms with Gasteiger partial charge in [0.05, 0.1) is 36.0 Å². The molecule has 0 saturated heterocycles. The van der Waals surface area contributed by atoms with Crippen molar-refractivity contribution in [2.45, 2.75) is 25.6 Å². The smallest absolute Gasteiger partial charge is 0.417 e. The van der Waals surface area contributed by atoms with Crippen LogP contribution in [0, 0.1) is 0 Å². The van der Waals surface area contributed by atoms with Crippen molar-refractivity contribution in [3.8, 4) is 0 Å². The molecule has 0 aromatic carbocycles. The Morgan fingerprint density at radius 3 is 2.45 bits per heavy atom. The van der Waals surface area contributed by atoms with Crippen molar-refractivity contribution in [1.82, 2.24) is 4.98 Å². The fourth-order valence-electron chi connectivity index (χ4n) is 1.59. The number of alkyl halides is 5. The van der Waals surface area contributed by atoms with Crippen molar-refractivity contribution in [2.75, 3.05) is 7.11 Å². The van der Waals surface area contributed by atoms with Crippen LogP contribution >= 0.6 is 0 Å². The van der Waals surface area contributed by atoms with E-state index in [2.05, 4.69) is 9.72 Å². The number of halogens is 5. The molecule has 0 aliphatic carbocycles. The van der Waals surface area contributed by atoms with Crippen molar-refractivity contribution in [1.29, 1.82) is 0 Å². The molecule has 2 N–H and O–H groups in total. The molecular weight excluding hydrogens is 287 g/mol. The standard InChI is InChI=1S/C11H11F5N2O2/c1-20-8(19)3-7-9(10(12)13)6(11(14,15)16)2-5(4-17)18-7/h2,10H,3-4,17H2,1H3. The van der Waals surface area contributed by atoms with Gasteiger partial charge in [-0.3, -0.25) is 9.78 Å². The molecule has 4 nitrogen and oxygen atoms in total. The predicted molar refractivity (Wildman–Crippen MR) is 57.8 cm³/mol. The summed E-state index contributed by atoms with van der Waals surface area (Å²) >= 11 is 0. The molecule has 1 rings (SSSR count). The van der Waals surface area contributed by atoms with Crippen molar-refractivity contribution < 1.29 is 31.5 Å². The van der Waals surface area contributed by atoms with E-state index in [-0.39, 0.29) is 12.2 Å². The summed E-state index contributed by atoms with van der Waals surface area (Å²) in [4.78, 5) is 14.7. The molecule has 0 unspecified atom stereocenters. The van der Waals surface area contributed by atoms with Gasteiger partial charge in [-0.2, -0.15) is 13.2 Å². The topological polar surface area (TPSA) is 65.2 Å². The lowest BCUT2D eigenvalue weighted by atomic mass is 10.0. The van der Waals surface area contributed by atoms with Crippen LogP contribution < -0.4 is 5.73 Å². The number of hydrogen-bond donors (Lipinski definition) is 1. The minimum absolute atomic E-state index is 0.236. The lowest BCUT2D eigenvalue weighted by Crippen LogP contribution is -2.18. The number of rotatable bonds is 4. The van der Waals surface area contributed by atoms with E-state index in [9.17, 15) is 26.7 Å². The van der Waals surface area contributed by atoms with E-state index in [1.54, 1.807) is 0 Å². The highest BCUT2D eigenvalue weighted by Crippen LogP contribution is 2.38. The quantitative estimate of drug-likeness (QED) is 0.683. The molecule has 0 aliphatic rings. The van der Waals surface area contributed by atoms with Crippen LogP contribution in [0.5, 0.6) is 0 Å². The van der Waals surface area contributed by atoms with E-state index in [0.717, 1.165) is 7.11 Å².